The number of rotatable bonds is 5. The molecule has 5 heteroatoms. The normalized spacial score (nSPS) is 10.2. The van der Waals surface area contributed by atoms with Crippen LogP contribution in [0.3, 0.4) is 0 Å². The van der Waals surface area contributed by atoms with E-state index in [1.165, 1.54) is 11.3 Å². The van der Waals surface area contributed by atoms with E-state index in [9.17, 15) is 9.59 Å². The summed E-state index contributed by atoms with van der Waals surface area (Å²) in [4.78, 5) is 23.6. The van der Waals surface area contributed by atoms with Crippen molar-refractivity contribution < 1.29 is 14.7 Å². The van der Waals surface area contributed by atoms with Gasteiger partial charge >= 0.3 is 5.97 Å². The third kappa shape index (κ3) is 3.45. The van der Waals surface area contributed by atoms with Gasteiger partial charge in [0.25, 0.3) is 5.91 Å². The van der Waals surface area contributed by atoms with Crippen molar-refractivity contribution in [3.63, 3.8) is 0 Å². The maximum atomic E-state index is 11.9. The van der Waals surface area contributed by atoms with Crippen molar-refractivity contribution in [2.24, 2.45) is 0 Å². The minimum atomic E-state index is -0.944. The summed E-state index contributed by atoms with van der Waals surface area (Å²) in [7, 11) is 0. The van der Waals surface area contributed by atoms with E-state index < -0.39 is 5.97 Å². The smallest absolute Gasteiger partial charge is 0.335 e. The number of thiophene rings is 1. The van der Waals surface area contributed by atoms with Crippen LogP contribution < -0.4 is 5.32 Å². The average molecular weight is 289 g/mol. The molecule has 0 spiro atoms. The van der Waals surface area contributed by atoms with Gasteiger partial charge in [-0.2, -0.15) is 0 Å². The summed E-state index contributed by atoms with van der Waals surface area (Å²) in [6.45, 7) is 2.36. The topological polar surface area (TPSA) is 66.4 Å². The Labute approximate surface area is 121 Å². The monoisotopic (exact) mass is 289 g/mol. The highest BCUT2D eigenvalue weighted by Gasteiger charge is 2.10. The van der Waals surface area contributed by atoms with E-state index in [1.54, 1.807) is 24.3 Å². The van der Waals surface area contributed by atoms with Gasteiger partial charge in [0, 0.05) is 6.54 Å². The number of hydrogen-bond acceptors (Lipinski definition) is 3. The molecule has 4 nitrogen and oxygen atoms in total. The molecule has 104 valence electrons. The molecule has 2 N–H and O–H groups in total. The van der Waals surface area contributed by atoms with Gasteiger partial charge in [-0.25, -0.2) is 4.79 Å². The lowest BCUT2D eigenvalue weighted by molar-refractivity contribution is 0.0695. The van der Waals surface area contributed by atoms with Crippen molar-refractivity contribution in [2.75, 3.05) is 6.54 Å². The minimum Gasteiger partial charge on any atom is -0.478 e. The summed E-state index contributed by atoms with van der Waals surface area (Å²) in [5.41, 5.74) is 2.08. The van der Waals surface area contributed by atoms with Crippen LogP contribution >= 0.6 is 11.3 Å². The summed E-state index contributed by atoms with van der Waals surface area (Å²) in [5.74, 6) is -1.06. The number of carbonyl (C=O) groups is 2. The molecule has 1 amide bonds. The number of aryl methyl sites for hydroxylation is 1. The van der Waals surface area contributed by atoms with E-state index in [0.29, 0.717) is 17.8 Å². The number of carboxylic acid groups (broad SMARTS) is 1. The lowest BCUT2D eigenvalue weighted by Crippen LogP contribution is -2.25. The number of nitrogens with one attached hydrogen (secondary N) is 1. The van der Waals surface area contributed by atoms with E-state index in [1.807, 2.05) is 18.4 Å². The fourth-order valence-electron chi connectivity index (χ4n) is 1.90. The molecule has 20 heavy (non-hydrogen) atoms. The molecule has 0 saturated carbocycles. The Morgan fingerprint density at radius 2 is 2.05 bits per heavy atom. The average Bonchev–Trinajstić information content (AvgIpc) is 2.86. The molecule has 0 radical (unpaired) electrons. The molecular formula is C15H15NO3S. The number of carboxylic acids is 1. The predicted octanol–water partition coefficient (Wildman–Crippen LogP) is 2.73. The van der Waals surface area contributed by atoms with Crippen molar-refractivity contribution in [3.8, 4) is 0 Å². The highest BCUT2D eigenvalue weighted by molar-refractivity contribution is 7.12. The molecular weight excluding hydrogens is 274 g/mol. The summed E-state index contributed by atoms with van der Waals surface area (Å²) in [6.07, 6.45) is 0.499. The molecule has 0 aliphatic heterocycles. The number of hydrogen-bond donors (Lipinski definition) is 2. The second kappa shape index (κ2) is 6.34. The van der Waals surface area contributed by atoms with Crippen LogP contribution in [0.2, 0.25) is 0 Å². The summed E-state index contributed by atoms with van der Waals surface area (Å²) >= 11 is 1.41. The van der Waals surface area contributed by atoms with Crippen LogP contribution in [0.4, 0.5) is 0 Å². The summed E-state index contributed by atoms with van der Waals surface area (Å²) in [6, 6.07) is 8.67. The van der Waals surface area contributed by atoms with Crippen molar-refractivity contribution in [1.82, 2.24) is 5.32 Å². The predicted molar refractivity (Wildman–Crippen MR) is 78.5 cm³/mol. The second-order valence-corrected chi connectivity index (χ2v) is 5.37. The van der Waals surface area contributed by atoms with E-state index >= 15 is 0 Å². The molecule has 0 aliphatic rings. The second-order valence-electron chi connectivity index (χ2n) is 4.46. The lowest BCUT2D eigenvalue weighted by atomic mass is 10.0. The van der Waals surface area contributed by atoms with Crippen LogP contribution in [0.15, 0.2) is 35.7 Å². The van der Waals surface area contributed by atoms with Gasteiger partial charge in [-0.05, 0) is 42.0 Å². The molecule has 0 fully saturated rings. The Kier molecular flexibility index (Phi) is 4.53. The SMILES string of the molecule is Cc1csc(C(=O)NCCc2ccccc2C(=O)O)c1. The highest BCUT2D eigenvalue weighted by atomic mass is 32.1. The van der Waals surface area contributed by atoms with Crippen LogP contribution in [0, 0.1) is 6.92 Å². The zero-order valence-electron chi connectivity index (χ0n) is 11.1. The Bertz CT molecular complexity index is 634. The molecule has 0 atom stereocenters. The molecule has 0 unspecified atom stereocenters. The van der Waals surface area contributed by atoms with Crippen LogP contribution in [0.5, 0.6) is 0 Å². The molecule has 0 saturated heterocycles. The number of carbonyl (C=O) groups excluding carboxylic acids is 1. The largest absolute Gasteiger partial charge is 0.478 e. The number of aromatic carboxylic acids is 1. The first-order valence-electron chi connectivity index (χ1n) is 6.22. The summed E-state index contributed by atoms with van der Waals surface area (Å²) in [5, 5.41) is 13.8. The number of benzene rings is 1. The zero-order valence-corrected chi connectivity index (χ0v) is 11.9. The standard InChI is InChI=1S/C15H15NO3S/c1-10-8-13(20-9-10)14(17)16-7-6-11-4-2-3-5-12(11)15(18)19/h2-5,8-9H,6-7H2,1H3,(H,16,17)(H,18,19). The van der Waals surface area contributed by atoms with E-state index in [0.717, 1.165) is 11.1 Å². The first-order valence-corrected chi connectivity index (χ1v) is 7.10. The Morgan fingerprint density at radius 1 is 1.30 bits per heavy atom. The van der Waals surface area contributed by atoms with Gasteiger partial charge in [0.1, 0.15) is 0 Å². The van der Waals surface area contributed by atoms with Crippen molar-refractivity contribution in [3.05, 3.63) is 57.3 Å². The van der Waals surface area contributed by atoms with Crippen LogP contribution in [0.25, 0.3) is 0 Å². The molecule has 2 rings (SSSR count). The van der Waals surface area contributed by atoms with Gasteiger partial charge < -0.3 is 10.4 Å². The maximum Gasteiger partial charge on any atom is 0.335 e. The quantitative estimate of drug-likeness (QED) is 0.889. The first-order chi connectivity index (χ1) is 9.58. The zero-order chi connectivity index (χ0) is 14.5. The van der Waals surface area contributed by atoms with E-state index in [-0.39, 0.29) is 11.5 Å². The number of amides is 1. The molecule has 2 aromatic rings. The van der Waals surface area contributed by atoms with Crippen molar-refractivity contribution >= 4 is 23.2 Å². The van der Waals surface area contributed by atoms with Gasteiger partial charge in [-0.15, -0.1) is 11.3 Å². The van der Waals surface area contributed by atoms with E-state index in [4.69, 9.17) is 5.11 Å². The molecule has 1 aromatic heterocycles. The van der Waals surface area contributed by atoms with Crippen molar-refractivity contribution in [1.29, 1.82) is 0 Å². The van der Waals surface area contributed by atoms with Crippen molar-refractivity contribution in [2.45, 2.75) is 13.3 Å². The molecule has 1 heterocycles. The molecule has 0 bridgehead atoms. The van der Waals surface area contributed by atoms with E-state index in [2.05, 4.69) is 5.32 Å². The third-order valence-electron chi connectivity index (χ3n) is 2.88. The van der Waals surface area contributed by atoms with Gasteiger partial charge in [-0.1, -0.05) is 18.2 Å². The Hall–Kier alpha value is -2.14. The maximum absolute atomic E-state index is 11.9. The van der Waals surface area contributed by atoms with Gasteiger partial charge in [0.2, 0.25) is 0 Å². The van der Waals surface area contributed by atoms with Gasteiger partial charge in [0.05, 0.1) is 10.4 Å². The molecule has 1 aromatic carbocycles. The fourth-order valence-corrected chi connectivity index (χ4v) is 2.71. The van der Waals surface area contributed by atoms with Gasteiger partial charge in [-0.3, -0.25) is 4.79 Å². The minimum absolute atomic E-state index is 0.115. The van der Waals surface area contributed by atoms with Gasteiger partial charge in [0.15, 0.2) is 0 Å². The Morgan fingerprint density at radius 3 is 2.70 bits per heavy atom. The fraction of sp³-hybridized carbons (Fsp3) is 0.200. The highest BCUT2D eigenvalue weighted by Crippen LogP contribution is 2.13. The third-order valence-corrected chi connectivity index (χ3v) is 3.93. The first kappa shape index (κ1) is 14.3. The van der Waals surface area contributed by atoms with Crippen LogP contribution in [-0.2, 0) is 6.42 Å². The van der Waals surface area contributed by atoms with Crippen LogP contribution in [0.1, 0.15) is 31.2 Å². The Balaban J connectivity index is 1.93. The lowest BCUT2D eigenvalue weighted by Gasteiger charge is -2.06. The molecule has 0 aliphatic carbocycles. The van der Waals surface area contributed by atoms with Crippen LogP contribution in [-0.4, -0.2) is 23.5 Å². The summed E-state index contributed by atoms with van der Waals surface area (Å²) < 4.78 is 0.